The molecule has 0 bridgehead atoms. The molecule has 0 saturated heterocycles. The third-order valence-electron chi connectivity index (χ3n) is 2.47. The molecule has 3 N–H and O–H groups in total. The van der Waals surface area contributed by atoms with Crippen molar-refractivity contribution in [2.75, 3.05) is 25.0 Å². The molecule has 1 aromatic carbocycles. The van der Waals surface area contributed by atoms with Crippen LogP contribution < -0.4 is 10.6 Å². The number of amides is 1. The second-order valence-electron chi connectivity index (χ2n) is 4.95. The molecule has 1 amide bonds. The van der Waals surface area contributed by atoms with Gasteiger partial charge in [-0.1, -0.05) is 37.6 Å². The number of anilines is 1. The van der Waals surface area contributed by atoms with E-state index in [2.05, 4.69) is 10.6 Å². The van der Waals surface area contributed by atoms with Gasteiger partial charge in [-0.2, -0.15) is 0 Å². The van der Waals surface area contributed by atoms with Gasteiger partial charge in [0, 0.05) is 18.6 Å². The van der Waals surface area contributed by atoms with Gasteiger partial charge in [-0.25, -0.2) is 0 Å². The monoisotopic (exact) mass is 270 g/mol. The Morgan fingerprint density at radius 1 is 1.39 bits per heavy atom. The first kappa shape index (κ1) is 15.0. The zero-order valence-electron chi connectivity index (χ0n) is 10.7. The second kappa shape index (κ2) is 6.73. The van der Waals surface area contributed by atoms with Crippen LogP contribution in [-0.2, 0) is 4.79 Å². The van der Waals surface area contributed by atoms with E-state index in [1.807, 2.05) is 19.9 Å². The summed E-state index contributed by atoms with van der Waals surface area (Å²) in [5, 5.41) is 15.3. The minimum atomic E-state index is -0.231. The molecule has 0 aliphatic carbocycles. The van der Waals surface area contributed by atoms with Crippen LogP contribution >= 0.6 is 11.6 Å². The summed E-state index contributed by atoms with van der Waals surface area (Å²) in [6.45, 7) is 4.68. The van der Waals surface area contributed by atoms with E-state index >= 15 is 0 Å². The highest BCUT2D eigenvalue weighted by atomic mass is 35.5. The lowest BCUT2D eigenvalue weighted by Crippen LogP contribution is -2.37. The lowest BCUT2D eigenvalue weighted by molar-refractivity contribution is -0.115. The van der Waals surface area contributed by atoms with Crippen molar-refractivity contribution in [1.82, 2.24) is 5.32 Å². The van der Waals surface area contributed by atoms with Crippen molar-refractivity contribution in [2.45, 2.75) is 13.8 Å². The largest absolute Gasteiger partial charge is 0.396 e. The zero-order valence-corrected chi connectivity index (χ0v) is 11.4. The number of benzene rings is 1. The van der Waals surface area contributed by atoms with Crippen molar-refractivity contribution in [3.63, 3.8) is 0 Å². The third-order valence-corrected chi connectivity index (χ3v) is 2.79. The van der Waals surface area contributed by atoms with Crippen LogP contribution in [0.2, 0.25) is 5.02 Å². The number of nitrogens with one attached hydrogen (secondary N) is 2. The molecule has 5 heteroatoms. The number of hydrogen-bond donors (Lipinski definition) is 3. The number of halogens is 1. The highest BCUT2D eigenvalue weighted by Gasteiger charge is 2.16. The number of carbonyl (C=O) groups is 1. The summed E-state index contributed by atoms with van der Waals surface area (Å²) >= 11 is 5.93. The summed E-state index contributed by atoms with van der Waals surface area (Å²) in [5.41, 5.74) is 0.373. The van der Waals surface area contributed by atoms with Gasteiger partial charge >= 0.3 is 0 Å². The molecule has 4 nitrogen and oxygen atoms in total. The van der Waals surface area contributed by atoms with Gasteiger partial charge in [0.25, 0.3) is 0 Å². The molecule has 0 radical (unpaired) electrons. The van der Waals surface area contributed by atoms with Crippen molar-refractivity contribution < 1.29 is 9.90 Å². The molecule has 0 aliphatic rings. The van der Waals surface area contributed by atoms with E-state index in [1.165, 1.54) is 0 Å². The first-order chi connectivity index (χ1) is 8.44. The van der Waals surface area contributed by atoms with E-state index in [9.17, 15) is 4.79 Å². The Hall–Kier alpha value is -1.10. The maximum Gasteiger partial charge on any atom is 0.238 e. The molecule has 0 aromatic heterocycles. The summed E-state index contributed by atoms with van der Waals surface area (Å²) < 4.78 is 0. The standard InChI is InChI=1S/C13H19ClN2O2/c1-13(2,9-17)8-15-7-12(18)16-11-6-4-3-5-10(11)14/h3-6,15,17H,7-9H2,1-2H3,(H,16,18). The summed E-state index contributed by atoms with van der Waals surface area (Å²) in [6.07, 6.45) is 0. The fourth-order valence-corrected chi connectivity index (χ4v) is 1.51. The van der Waals surface area contributed by atoms with E-state index in [0.717, 1.165) is 0 Å². The summed E-state index contributed by atoms with van der Waals surface area (Å²) in [5.74, 6) is -0.156. The van der Waals surface area contributed by atoms with Crippen molar-refractivity contribution in [3.05, 3.63) is 29.3 Å². The van der Waals surface area contributed by atoms with Crippen LogP contribution in [0.25, 0.3) is 0 Å². The summed E-state index contributed by atoms with van der Waals surface area (Å²) in [6, 6.07) is 7.08. The van der Waals surface area contributed by atoms with Crippen LogP contribution in [0.5, 0.6) is 0 Å². The lowest BCUT2D eigenvalue weighted by atomic mass is 9.95. The Balaban J connectivity index is 2.37. The van der Waals surface area contributed by atoms with Gasteiger partial charge in [-0.15, -0.1) is 0 Å². The summed E-state index contributed by atoms with van der Waals surface area (Å²) in [7, 11) is 0. The van der Waals surface area contributed by atoms with E-state index in [4.69, 9.17) is 16.7 Å². The average molecular weight is 271 g/mol. The molecule has 0 atom stereocenters. The maximum absolute atomic E-state index is 11.6. The van der Waals surface area contributed by atoms with Crippen molar-refractivity contribution in [1.29, 1.82) is 0 Å². The number of para-hydroxylation sites is 1. The topological polar surface area (TPSA) is 61.4 Å². The highest BCUT2D eigenvalue weighted by molar-refractivity contribution is 6.33. The van der Waals surface area contributed by atoms with Crippen LogP contribution in [0.3, 0.4) is 0 Å². The van der Waals surface area contributed by atoms with Crippen LogP contribution in [-0.4, -0.2) is 30.7 Å². The van der Waals surface area contributed by atoms with Crippen molar-refractivity contribution in [2.24, 2.45) is 5.41 Å². The van der Waals surface area contributed by atoms with Crippen LogP contribution in [0.4, 0.5) is 5.69 Å². The van der Waals surface area contributed by atoms with Crippen LogP contribution in [0.15, 0.2) is 24.3 Å². The fraction of sp³-hybridized carbons (Fsp3) is 0.462. The lowest BCUT2D eigenvalue weighted by Gasteiger charge is -2.21. The first-order valence-corrected chi connectivity index (χ1v) is 6.18. The summed E-state index contributed by atoms with van der Waals surface area (Å²) in [4.78, 5) is 11.6. The molecule has 100 valence electrons. The molecule has 18 heavy (non-hydrogen) atoms. The first-order valence-electron chi connectivity index (χ1n) is 5.80. The predicted octanol–water partition coefficient (Wildman–Crippen LogP) is 1.89. The highest BCUT2D eigenvalue weighted by Crippen LogP contribution is 2.20. The van der Waals surface area contributed by atoms with E-state index in [1.54, 1.807) is 18.2 Å². The normalized spacial score (nSPS) is 11.3. The van der Waals surface area contributed by atoms with E-state index < -0.39 is 0 Å². The Kier molecular flexibility index (Phi) is 5.59. The predicted molar refractivity (Wildman–Crippen MR) is 73.8 cm³/mol. The second-order valence-corrected chi connectivity index (χ2v) is 5.36. The number of aliphatic hydroxyl groups is 1. The van der Waals surface area contributed by atoms with Gasteiger partial charge in [-0.3, -0.25) is 4.79 Å². The van der Waals surface area contributed by atoms with E-state index in [-0.39, 0.29) is 24.5 Å². The molecule has 0 heterocycles. The quantitative estimate of drug-likeness (QED) is 0.740. The molecular formula is C13H19ClN2O2. The molecule has 0 spiro atoms. The maximum atomic E-state index is 11.6. The average Bonchev–Trinajstić information content (AvgIpc) is 2.32. The Morgan fingerprint density at radius 2 is 2.06 bits per heavy atom. The van der Waals surface area contributed by atoms with Gasteiger partial charge in [0.05, 0.1) is 17.3 Å². The van der Waals surface area contributed by atoms with Crippen molar-refractivity contribution >= 4 is 23.2 Å². The van der Waals surface area contributed by atoms with Gasteiger partial charge in [0.1, 0.15) is 0 Å². The minimum absolute atomic E-state index is 0.0755. The molecule has 1 aromatic rings. The number of hydrogen-bond acceptors (Lipinski definition) is 3. The Morgan fingerprint density at radius 3 is 2.67 bits per heavy atom. The van der Waals surface area contributed by atoms with Gasteiger partial charge in [-0.05, 0) is 12.1 Å². The van der Waals surface area contributed by atoms with E-state index in [0.29, 0.717) is 17.3 Å². The Bertz CT molecular complexity index is 408. The molecule has 0 saturated carbocycles. The zero-order chi connectivity index (χ0) is 13.6. The van der Waals surface area contributed by atoms with Crippen LogP contribution in [0.1, 0.15) is 13.8 Å². The van der Waals surface area contributed by atoms with Gasteiger partial charge in [0.15, 0.2) is 0 Å². The van der Waals surface area contributed by atoms with Gasteiger partial charge in [0.2, 0.25) is 5.91 Å². The molecular weight excluding hydrogens is 252 g/mol. The molecule has 0 unspecified atom stereocenters. The third kappa shape index (κ3) is 5.04. The number of rotatable bonds is 6. The number of carbonyl (C=O) groups excluding carboxylic acids is 1. The Labute approximate surface area is 112 Å². The smallest absolute Gasteiger partial charge is 0.238 e. The fourth-order valence-electron chi connectivity index (χ4n) is 1.33. The number of aliphatic hydroxyl groups excluding tert-OH is 1. The van der Waals surface area contributed by atoms with Gasteiger partial charge < -0.3 is 15.7 Å². The molecule has 0 fully saturated rings. The van der Waals surface area contributed by atoms with Crippen LogP contribution in [0, 0.1) is 5.41 Å². The molecule has 0 aliphatic heterocycles. The van der Waals surface area contributed by atoms with Crippen molar-refractivity contribution in [3.8, 4) is 0 Å². The minimum Gasteiger partial charge on any atom is -0.396 e. The SMILES string of the molecule is CC(C)(CO)CNCC(=O)Nc1ccccc1Cl. The molecule has 1 rings (SSSR count).